The number of halogens is 1. The molecular formula is C12H9ClN2O2. The molecule has 2 N–H and O–H groups in total. The summed E-state index contributed by atoms with van der Waals surface area (Å²) in [6, 6.07) is 11.6. The number of pyridine rings is 1. The monoisotopic (exact) mass is 248 g/mol. The van der Waals surface area contributed by atoms with Crippen LogP contribution in [0.1, 0.15) is 10.4 Å². The van der Waals surface area contributed by atoms with Crippen molar-refractivity contribution in [3.8, 4) is 0 Å². The molecular weight excluding hydrogens is 240 g/mol. The Morgan fingerprint density at radius 2 is 1.88 bits per heavy atom. The van der Waals surface area contributed by atoms with Crippen LogP contribution in [-0.2, 0) is 0 Å². The number of carboxylic acid groups (broad SMARTS) is 1. The number of nitrogens with zero attached hydrogens (tertiary/aromatic N) is 1. The number of carboxylic acids is 1. The summed E-state index contributed by atoms with van der Waals surface area (Å²) in [6.07, 6.45) is 0. The molecule has 0 aliphatic carbocycles. The highest BCUT2D eigenvalue weighted by molar-refractivity contribution is 6.29. The van der Waals surface area contributed by atoms with Crippen molar-refractivity contribution in [2.24, 2.45) is 0 Å². The minimum Gasteiger partial charge on any atom is -0.478 e. The van der Waals surface area contributed by atoms with Crippen molar-refractivity contribution >= 4 is 29.1 Å². The predicted molar refractivity (Wildman–Crippen MR) is 65.9 cm³/mol. The molecule has 0 spiro atoms. The van der Waals surface area contributed by atoms with Crippen LogP contribution in [0.4, 0.5) is 11.5 Å². The van der Waals surface area contributed by atoms with Crippen LogP contribution in [0.5, 0.6) is 0 Å². The molecule has 1 heterocycles. The van der Waals surface area contributed by atoms with E-state index in [9.17, 15) is 4.79 Å². The Morgan fingerprint density at radius 3 is 2.47 bits per heavy atom. The maximum atomic E-state index is 10.7. The second kappa shape index (κ2) is 4.84. The summed E-state index contributed by atoms with van der Waals surface area (Å²) in [5.41, 5.74) is 0.999. The van der Waals surface area contributed by atoms with Gasteiger partial charge in [-0.1, -0.05) is 17.7 Å². The van der Waals surface area contributed by atoms with Crippen LogP contribution in [0.3, 0.4) is 0 Å². The van der Waals surface area contributed by atoms with E-state index in [4.69, 9.17) is 16.7 Å². The highest BCUT2D eigenvalue weighted by atomic mass is 35.5. The number of benzene rings is 1. The van der Waals surface area contributed by atoms with E-state index in [0.29, 0.717) is 11.0 Å². The highest BCUT2D eigenvalue weighted by Gasteiger charge is 2.02. The Balaban J connectivity index is 2.16. The third-order valence-electron chi connectivity index (χ3n) is 2.12. The standard InChI is InChI=1S/C12H9ClN2O2/c13-10-2-1-3-11(15-10)14-9-6-4-8(5-7-9)12(16)17/h1-7H,(H,14,15)(H,16,17). The molecule has 0 atom stereocenters. The number of aromatic nitrogens is 1. The molecule has 0 saturated heterocycles. The van der Waals surface area contributed by atoms with Crippen molar-refractivity contribution in [3.63, 3.8) is 0 Å². The second-order valence-corrected chi connectivity index (χ2v) is 3.74. The Morgan fingerprint density at radius 1 is 1.18 bits per heavy atom. The van der Waals surface area contributed by atoms with E-state index >= 15 is 0 Å². The first-order chi connectivity index (χ1) is 8.15. The number of nitrogens with one attached hydrogen (secondary N) is 1. The molecule has 1 aromatic carbocycles. The van der Waals surface area contributed by atoms with Crippen molar-refractivity contribution in [3.05, 3.63) is 53.2 Å². The topological polar surface area (TPSA) is 62.2 Å². The van der Waals surface area contributed by atoms with Crippen molar-refractivity contribution in [1.29, 1.82) is 0 Å². The van der Waals surface area contributed by atoms with Gasteiger partial charge in [0.05, 0.1) is 5.56 Å². The fourth-order valence-corrected chi connectivity index (χ4v) is 1.49. The summed E-state index contributed by atoms with van der Waals surface area (Å²) in [6.45, 7) is 0. The summed E-state index contributed by atoms with van der Waals surface area (Å²) in [7, 11) is 0. The molecule has 0 aliphatic heterocycles. The predicted octanol–water partition coefficient (Wildman–Crippen LogP) is 3.18. The minimum absolute atomic E-state index is 0.245. The smallest absolute Gasteiger partial charge is 0.335 e. The van der Waals surface area contributed by atoms with E-state index < -0.39 is 5.97 Å². The van der Waals surface area contributed by atoms with E-state index in [1.54, 1.807) is 30.3 Å². The molecule has 2 aromatic rings. The zero-order valence-corrected chi connectivity index (χ0v) is 9.48. The first kappa shape index (κ1) is 11.4. The first-order valence-electron chi connectivity index (χ1n) is 4.88. The number of hydrogen-bond acceptors (Lipinski definition) is 3. The summed E-state index contributed by atoms with van der Waals surface area (Å²) >= 11 is 5.75. The molecule has 0 unspecified atom stereocenters. The summed E-state index contributed by atoms with van der Waals surface area (Å²) in [5.74, 6) is -0.335. The number of rotatable bonds is 3. The van der Waals surface area contributed by atoms with Gasteiger partial charge in [-0.2, -0.15) is 0 Å². The van der Waals surface area contributed by atoms with Gasteiger partial charge in [0, 0.05) is 5.69 Å². The van der Waals surface area contributed by atoms with Crippen molar-refractivity contribution in [1.82, 2.24) is 4.98 Å². The normalized spacial score (nSPS) is 9.94. The van der Waals surface area contributed by atoms with Gasteiger partial charge in [-0.3, -0.25) is 0 Å². The van der Waals surface area contributed by atoms with Crippen molar-refractivity contribution < 1.29 is 9.90 Å². The Bertz CT molecular complexity index is 540. The molecule has 0 radical (unpaired) electrons. The molecule has 0 saturated carbocycles. The van der Waals surface area contributed by atoms with E-state index in [1.807, 2.05) is 0 Å². The SMILES string of the molecule is O=C(O)c1ccc(Nc2cccc(Cl)n2)cc1. The molecule has 0 aliphatic rings. The fourth-order valence-electron chi connectivity index (χ4n) is 1.32. The van der Waals surface area contributed by atoms with Gasteiger partial charge in [0.15, 0.2) is 0 Å². The second-order valence-electron chi connectivity index (χ2n) is 3.35. The van der Waals surface area contributed by atoms with Crippen LogP contribution in [0.25, 0.3) is 0 Å². The number of anilines is 2. The lowest BCUT2D eigenvalue weighted by Gasteiger charge is -2.05. The number of carbonyl (C=O) groups is 1. The van der Waals surface area contributed by atoms with Crippen LogP contribution in [0, 0.1) is 0 Å². The highest BCUT2D eigenvalue weighted by Crippen LogP contribution is 2.16. The lowest BCUT2D eigenvalue weighted by molar-refractivity contribution is 0.0697. The van der Waals surface area contributed by atoms with Crippen LogP contribution in [-0.4, -0.2) is 16.1 Å². The minimum atomic E-state index is -0.947. The molecule has 0 fully saturated rings. The molecule has 0 bridgehead atoms. The van der Waals surface area contributed by atoms with Gasteiger partial charge in [0.25, 0.3) is 0 Å². The van der Waals surface area contributed by atoms with Crippen LogP contribution in [0.2, 0.25) is 5.15 Å². The van der Waals surface area contributed by atoms with Gasteiger partial charge in [-0.05, 0) is 36.4 Å². The Hall–Kier alpha value is -2.07. The van der Waals surface area contributed by atoms with Crippen molar-refractivity contribution in [2.75, 3.05) is 5.32 Å². The molecule has 0 amide bonds. The van der Waals surface area contributed by atoms with Crippen LogP contribution < -0.4 is 5.32 Å². The third kappa shape index (κ3) is 2.95. The maximum Gasteiger partial charge on any atom is 0.335 e. The zero-order valence-electron chi connectivity index (χ0n) is 8.72. The van der Waals surface area contributed by atoms with E-state index in [-0.39, 0.29) is 5.56 Å². The van der Waals surface area contributed by atoms with Crippen molar-refractivity contribution in [2.45, 2.75) is 0 Å². The molecule has 5 heteroatoms. The van der Waals surface area contributed by atoms with E-state index in [2.05, 4.69) is 10.3 Å². The largest absolute Gasteiger partial charge is 0.478 e. The average molecular weight is 249 g/mol. The number of aromatic carboxylic acids is 1. The fraction of sp³-hybridized carbons (Fsp3) is 0. The molecule has 17 heavy (non-hydrogen) atoms. The van der Waals surface area contributed by atoms with Gasteiger partial charge in [-0.15, -0.1) is 0 Å². The van der Waals surface area contributed by atoms with Gasteiger partial charge in [0.1, 0.15) is 11.0 Å². The lowest BCUT2D eigenvalue weighted by atomic mass is 10.2. The number of hydrogen-bond donors (Lipinski definition) is 2. The Kier molecular flexibility index (Phi) is 3.25. The molecule has 4 nitrogen and oxygen atoms in total. The lowest BCUT2D eigenvalue weighted by Crippen LogP contribution is -1.97. The van der Waals surface area contributed by atoms with Gasteiger partial charge in [-0.25, -0.2) is 9.78 Å². The molecule has 2 rings (SSSR count). The molecule has 86 valence electrons. The van der Waals surface area contributed by atoms with E-state index in [1.165, 1.54) is 12.1 Å². The van der Waals surface area contributed by atoms with Gasteiger partial charge < -0.3 is 10.4 Å². The van der Waals surface area contributed by atoms with Gasteiger partial charge in [0.2, 0.25) is 0 Å². The summed E-state index contributed by atoms with van der Waals surface area (Å²) in [4.78, 5) is 14.7. The van der Waals surface area contributed by atoms with Gasteiger partial charge >= 0.3 is 5.97 Å². The van der Waals surface area contributed by atoms with E-state index in [0.717, 1.165) is 5.69 Å². The third-order valence-corrected chi connectivity index (χ3v) is 2.33. The quantitative estimate of drug-likeness (QED) is 0.819. The zero-order chi connectivity index (χ0) is 12.3. The summed E-state index contributed by atoms with van der Waals surface area (Å²) in [5, 5.41) is 12.2. The van der Waals surface area contributed by atoms with Crippen LogP contribution in [0.15, 0.2) is 42.5 Å². The summed E-state index contributed by atoms with van der Waals surface area (Å²) < 4.78 is 0. The maximum absolute atomic E-state index is 10.7. The Labute approximate surface area is 103 Å². The molecule has 1 aromatic heterocycles. The first-order valence-corrected chi connectivity index (χ1v) is 5.26. The average Bonchev–Trinajstić information content (AvgIpc) is 2.29. The van der Waals surface area contributed by atoms with Crippen LogP contribution >= 0.6 is 11.6 Å².